The highest BCUT2D eigenvalue weighted by molar-refractivity contribution is 5.18. The van der Waals surface area contributed by atoms with Crippen LogP contribution in [0.15, 0.2) is 30.3 Å². The van der Waals surface area contributed by atoms with Crippen molar-refractivity contribution in [2.75, 3.05) is 19.6 Å². The molecule has 116 valence electrons. The Bertz CT molecular complexity index is 416. The van der Waals surface area contributed by atoms with Crippen LogP contribution in [-0.2, 0) is 6.42 Å². The molecule has 1 atom stereocenters. The van der Waals surface area contributed by atoms with E-state index >= 15 is 0 Å². The average molecular weight is 286 g/mol. The van der Waals surface area contributed by atoms with Crippen molar-refractivity contribution < 1.29 is 0 Å². The van der Waals surface area contributed by atoms with Gasteiger partial charge in [-0.05, 0) is 55.9 Å². The quantitative estimate of drug-likeness (QED) is 0.753. The number of rotatable bonds is 9. The van der Waals surface area contributed by atoms with Crippen LogP contribution in [-0.4, -0.2) is 30.1 Å². The summed E-state index contributed by atoms with van der Waals surface area (Å²) >= 11 is 0. The van der Waals surface area contributed by atoms with E-state index < -0.39 is 0 Å². The molecule has 2 heteroatoms. The van der Waals surface area contributed by atoms with Gasteiger partial charge in [-0.25, -0.2) is 0 Å². The molecule has 1 aromatic carbocycles. The Kier molecular flexibility index (Phi) is 4.66. The fourth-order valence-electron chi connectivity index (χ4n) is 3.47. The molecule has 0 aromatic heterocycles. The minimum absolute atomic E-state index is 0.159. The van der Waals surface area contributed by atoms with Gasteiger partial charge in [0.15, 0.2) is 0 Å². The van der Waals surface area contributed by atoms with E-state index in [1.54, 1.807) is 0 Å². The molecule has 2 N–H and O–H groups in total. The van der Waals surface area contributed by atoms with Crippen molar-refractivity contribution >= 4 is 0 Å². The van der Waals surface area contributed by atoms with E-state index in [9.17, 15) is 0 Å². The molecule has 21 heavy (non-hydrogen) atoms. The van der Waals surface area contributed by atoms with Crippen LogP contribution in [0.1, 0.15) is 44.6 Å². The summed E-state index contributed by atoms with van der Waals surface area (Å²) in [4.78, 5) is 2.77. The Morgan fingerprint density at radius 1 is 1.05 bits per heavy atom. The topological polar surface area (TPSA) is 29.3 Å². The summed E-state index contributed by atoms with van der Waals surface area (Å²) in [7, 11) is 0. The first-order valence-corrected chi connectivity index (χ1v) is 8.75. The maximum Gasteiger partial charge on any atom is 0.0369 e. The van der Waals surface area contributed by atoms with Crippen LogP contribution in [0.5, 0.6) is 0 Å². The van der Waals surface area contributed by atoms with Crippen molar-refractivity contribution in [3.05, 3.63) is 35.9 Å². The van der Waals surface area contributed by atoms with E-state index in [2.05, 4.69) is 42.2 Å². The molecule has 2 nitrogen and oxygen atoms in total. The number of hydrogen-bond donors (Lipinski definition) is 1. The van der Waals surface area contributed by atoms with Crippen molar-refractivity contribution in [1.82, 2.24) is 4.90 Å². The molecule has 1 aromatic rings. The molecule has 2 fully saturated rings. The highest BCUT2D eigenvalue weighted by Crippen LogP contribution is 2.38. The molecule has 0 heterocycles. The molecule has 1 unspecified atom stereocenters. The van der Waals surface area contributed by atoms with Gasteiger partial charge in [-0.1, -0.05) is 37.3 Å². The van der Waals surface area contributed by atoms with Gasteiger partial charge in [0.25, 0.3) is 0 Å². The highest BCUT2D eigenvalue weighted by atomic mass is 15.2. The molecule has 2 aliphatic rings. The maximum absolute atomic E-state index is 6.32. The molecule has 0 spiro atoms. The van der Waals surface area contributed by atoms with E-state index in [-0.39, 0.29) is 5.54 Å². The van der Waals surface area contributed by atoms with Gasteiger partial charge in [0.1, 0.15) is 0 Å². The summed E-state index contributed by atoms with van der Waals surface area (Å²) in [5, 5.41) is 0. The van der Waals surface area contributed by atoms with Gasteiger partial charge < -0.3 is 5.73 Å². The summed E-state index contributed by atoms with van der Waals surface area (Å²) in [5.74, 6) is 1.88. The monoisotopic (exact) mass is 286 g/mol. The third-order valence-electron chi connectivity index (χ3n) is 5.44. The van der Waals surface area contributed by atoms with Crippen LogP contribution in [0.4, 0.5) is 0 Å². The first kappa shape index (κ1) is 15.1. The standard InChI is InChI=1S/C19H30N2/c1-2-19(15-20,12-16-6-4-3-5-7-16)21(13-17-8-9-17)14-18-10-11-18/h3-7,17-18H,2,8-15,20H2,1H3. The molecule has 0 bridgehead atoms. The molecule has 2 saturated carbocycles. The second-order valence-corrected chi connectivity index (χ2v) is 7.24. The number of nitrogens with two attached hydrogens (primary N) is 1. The predicted octanol–water partition coefficient (Wildman–Crippen LogP) is 3.46. The summed E-state index contributed by atoms with van der Waals surface area (Å²) in [6.45, 7) is 5.64. The van der Waals surface area contributed by atoms with Crippen LogP contribution in [0.25, 0.3) is 0 Å². The third-order valence-corrected chi connectivity index (χ3v) is 5.44. The van der Waals surface area contributed by atoms with E-state index in [1.165, 1.54) is 44.3 Å². The summed E-state index contributed by atoms with van der Waals surface area (Å²) in [6, 6.07) is 10.9. The number of hydrogen-bond acceptors (Lipinski definition) is 2. The first-order chi connectivity index (χ1) is 10.3. The van der Waals surface area contributed by atoms with Crippen molar-refractivity contribution in [3.63, 3.8) is 0 Å². The summed E-state index contributed by atoms with van der Waals surface area (Å²) in [5.41, 5.74) is 7.91. The molecule has 0 amide bonds. The van der Waals surface area contributed by atoms with E-state index in [0.29, 0.717) is 0 Å². The van der Waals surface area contributed by atoms with Gasteiger partial charge in [0.2, 0.25) is 0 Å². The Morgan fingerprint density at radius 2 is 1.62 bits per heavy atom. The second kappa shape index (κ2) is 6.50. The minimum Gasteiger partial charge on any atom is -0.329 e. The van der Waals surface area contributed by atoms with Crippen molar-refractivity contribution in [1.29, 1.82) is 0 Å². The van der Waals surface area contributed by atoms with Crippen molar-refractivity contribution in [3.8, 4) is 0 Å². The van der Waals surface area contributed by atoms with Crippen LogP contribution in [0.2, 0.25) is 0 Å². The molecule has 3 rings (SSSR count). The van der Waals surface area contributed by atoms with Gasteiger partial charge in [-0.2, -0.15) is 0 Å². The maximum atomic E-state index is 6.32. The molecule has 0 saturated heterocycles. The third kappa shape index (κ3) is 3.87. The van der Waals surface area contributed by atoms with E-state index in [0.717, 1.165) is 31.2 Å². The zero-order chi connectivity index (χ0) is 14.7. The Labute approximate surface area is 129 Å². The van der Waals surface area contributed by atoms with Gasteiger partial charge in [-0.15, -0.1) is 0 Å². The van der Waals surface area contributed by atoms with Gasteiger partial charge in [-0.3, -0.25) is 4.90 Å². The lowest BCUT2D eigenvalue weighted by Gasteiger charge is -2.44. The van der Waals surface area contributed by atoms with Crippen molar-refractivity contribution in [2.24, 2.45) is 17.6 Å². The van der Waals surface area contributed by atoms with E-state index in [1.807, 2.05) is 0 Å². The number of nitrogens with zero attached hydrogens (tertiary/aromatic N) is 1. The zero-order valence-corrected chi connectivity index (χ0v) is 13.4. The fraction of sp³-hybridized carbons (Fsp3) is 0.684. The molecule has 0 aliphatic heterocycles. The Balaban J connectivity index is 1.77. The van der Waals surface area contributed by atoms with Crippen LogP contribution in [0.3, 0.4) is 0 Å². The van der Waals surface area contributed by atoms with Crippen LogP contribution >= 0.6 is 0 Å². The van der Waals surface area contributed by atoms with Crippen LogP contribution < -0.4 is 5.73 Å². The SMILES string of the molecule is CCC(CN)(Cc1ccccc1)N(CC1CC1)CC1CC1. The minimum atomic E-state index is 0.159. The van der Waals surface area contributed by atoms with Crippen LogP contribution in [0, 0.1) is 11.8 Å². The molecule has 0 radical (unpaired) electrons. The highest BCUT2D eigenvalue weighted by Gasteiger charge is 2.39. The normalized spacial score (nSPS) is 21.5. The number of benzene rings is 1. The molecular weight excluding hydrogens is 256 g/mol. The lowest BCUT2D eigenvalue weighted by Crippen LogP contribution is -2.56. The lowest BCUT2D eigenvalue weighted by molar-refractivity contribution is 0.0778. The van der Waals surface area contributed by atoms with Gasteiger partial charge in [0, 0.05) is 25.2 Å². The average Bonchev–Trinajstić information content (AvgIpc) is 3.41. The van der Waals surface area contributed by atoms with E-state index in [4.69, 9.17) is 5.73 Å². The molecular formula is C19H30N2. The fourth-order valence-corrected chi connectivity index (χ4v) is 3.47. The smallest absolute Gasteiger partial charge is 0.0369 e. The largest absolute Gasteiger partial charge is 0.329 e. The molecule has 2 aliphatic carbocycles. The van der Waals surface area contributed by atoms with Gasteiger partial charge in [0.05, 0.1) is 0 Å². The lowest BCUT2D eigenvalue weighted by atomic mass is 9.85. The summed E-state index contributed by atoms with van der Waals surface area (Å²) in [6.07, 6.45) is 7.96. The first-order valence-electron chi connectivity index (χ1n) is 8.75. The zero-order valence-electron chi connectivity index (χ0n) is 13.4. The van der Waals surface area contributed by atoms with Gasteiger partial charge >= 0.3 is 0 Å². The Hall–Kier alpha value is -0.860. The second-order valence-electron chi connectivity index (χ2n) is 7.24. The summed E-state index contributed by atoms with van der Waals surface area (Å²) < 4.78 is 0. The van der Waals surface area contributed by atoms with Crippen molar-refractivity contribution in [2.45, 2.75) is 51.0 Å². The Morgan fingerprint density at radius 3 is 2.05 bits per heavy atom. The predicted molar refractivity (Wildman–Crippen MR) is 89.2 cm³/mol.